The van der Waals surface area contributed by atoms with Crippen molar-refractivity contribution in [3.8, 4) is 0 Å². The highest BCUT2D eigenvalue weighted by Crippen LogP contribution is 2.29. The molecule has 2 aliphatic rings. The third-order valence-electron chi connectivity index (χ3n) is 2.57. The van der Waals surface area contributed by atoms with Gasteiger partial charge in [0.05, 0.1) is 6.42 Å². The van der Waals surface area contributed by atoms with Crippen molar-refractivity contribution in [2.75, 3.05) is 11.9 Å². The molecule has 1 unspecified atom stereocenters. The van der Waals surface area contributed by atoms with Crippen LogP contribution in [-0.2, 0) is 11.2 Å². The molecule has 3 heteroatoms. The van der Waals surface area contributed by atoms with Crippen molar-refractivity contribution in [2.45, 2.75) is 12.5 Å². The van der Waals surface area contributed by atoms with Gasteiger partial charge in [-0.25, -0.2) is 0 Å². The Labute approximate surface area is 76.1 Å². The fourth-order valence-electron chi connectivity index (χ4n) is 1.76. The van der Waals surface area contributed by atoms with Crippen LogP contribution < -0.4 is 10.6 Å². The number of fused-ring (bicyclic) bond motifs is 1. The molecule has 0 radical (unpaired) electrons. The van der Waals surface area contributed by atoms with E-state index in [1.165, 1.54) is 5.56 Å². The first-order chi connectivity index (χ1) is 6.33. The number of hydrogen-bond donors (Lipinski definition) is 2. The molecule has 2 aliphatic heterocycles. The molecule has 0 aromatic heterocycles. The highest BCUT2D eigenvalue weighted by molar-refractivity contribution is 5.99. The van der Waals surface area contributed by atoms with Gasteiger partial charge >= 0.3 is 0 Å². The summed E-state index contributed by atoms with van der Waals surface area (Å²) in [6.07, 6.45) is 0.538. The van der Waals surface area contributed by atoms with E-state index in [9.17, 15) is 4.79 Å². The number of nitrogens with one attached hydrogen (secondary N) is 2. The van der Waals surface area contributed by atoms with E-state index in [2.05, 4.69) is 22.8 Å². The Hall–Kier alpha value is -1.35. The average molecular weight is 174 g/mol. The van der Waals surface area contributed by atoms with Gasteiger partial charge in [0, 0.05) is 18.3 Å². The van der Waals surface area contributed by atoms with E-state index in [0.29, 0.717) is 12.5 Å². The summed E-state index contributed by atoms with van der Waals surface area (Å²) in [5, 5.41) is 6.07. The van der Waals surface area contributed by atoms with Crippen molar-refractivity contribution in [3.05, 3.63) is 29.3 Å². The van der Waals surface area contributed by atoms with Crippen molar-refractivity contribution < 1.29 is 4.79 Å². The Morgan fingerprint density at radius 2 is 2.23 bits per heavy atom. The fraction of sp³-hybridized carbons (Fsp3) is 0.300. The lowest BCUT2D eigenvalue weighted by Gasteiger charge is -2.00. The first-order valence-corrected chi connectivity index (χ1v) is 4.49. The van der Waals surface area contributed by atoms with Crippen LogP contribution in [0.1, 0.15) is 17.2 Å². The van der Waals surface area contributed by atoms with Gasteiger partial charge < -0.3 is 10.6 Å². The molecule has 1 fully saturated rings. The van der Waals surface area contributed by atoms with Crippen LogP contribution in [-0.4, -0.2) is 12.5 Å². The molecule has 1 aromatic rings. The maximum atomic E-state index is 11.1. The third-order valence-corrected chi connectivity index (χ3v) is 2.57. The van der Waals surface area contributed by atoms with E-state index >= 15 is 0 Å². The summed E-state index contributed by atoms with van der Waals surface area (Å²) >= 11 is 0. The predicted molar refractivity (Wildman–Crippen MR) is 49.5 cm³/mol. The van der Waals surface area contributed by atoms with Gasteiger partial charge in [-0.15, -0.1) is 0 Å². The average Bonchev–Trinajstić information content (AvgIpc) is 2.87. The van der Waals surface area contributed by atoms with Gasteiger partial charge in [0.15, 0.2) is 0 Å². The number of carbonyl (C=O) groups is 1. The van der Waals surface area contributed by atoms with Gasteiger partial charge in [-0.3, -0.25) is 4.79 Å². The molecular formula is C10H10N2O. The van der Waals surface area contributed by atoms with Crippen LogP contribution in [0.3, 0.4) is 0 Å². The molecule has 13 heavy (non-hydrogen) atoms. The lowest BCUT2D eigenvalue weighted by molar-refractivity contribution is -0.115. The number of carbonyl (C=O) groups excluding carboxylic acids is 1. The van der Waals surface area contributed by atoms with E-state index in [1.54, 1.807) is 0 Å². The van der Waals surface area contributed by atoms with Crippen LogP contribution in [0.5, 0.6) is 0 Å². The Morgan fingerprint density at radius 3 is 3.00 bits per heavy atom. The molecule has 1 amide bonds. The zero-order valence-corrected chi connectivity index (χ0v) is 7.13. The highest BCUT2D eigenvalue weighted by Gasteiger charge is 2.25. The molecule has 0 bridgehead atoms. The molecule has 0 aliphatic carbocycles. The summed E-state index contributed by atoms with van der Waals surface area (Å²) in [7, 11) is 0. The van der Waals surface area contributed by atoms with Crippen LogP contribution in [0.25, 0.3) is 0 Å². The van der Waals surface area contributed by atoms with E-state index in [4.69, 9.17) is 0 Å². The summed E-state index contributed by atoms with van der Waals surface area (Å²) in [5.41, 5.74) is 3.42. The molecule has 3 rings (SSSR count). The van der Waals surface area contributed by atoms with E-state index < -0.39 is 0 Å². The van der Waals surface area contributed by atoms with Gasteiger partial charge in [0.1, 0.15) is 0 Å². The first kappa shape index (κ1) is 7.09. The van der Waals surface area contributed by atoms with E-state index in [0.717, 1.165) is 17.8 Å². The van der Waals surface area contributed by atoms with Crippen LogP contribution in [0.2, 0.25) is 0 Å². The van der Waals surface area contributed by atoms with Gasteiger partial charge in [-0.2, -0.15) is 0 Å². The van der Waals surface area contributed by atoms with Crippen molar-refractivity contribution in [2.24, 2.45) is 0 Å². The number of hydrogen-bond acceptors (Lipinski definition) is 2. The predicted octanol–water partition coefficient (Wildman–Crippen LogP) is 0.825. The molecular weight excluding hydrogens is 164 g/mol. The summed E-state index contributed by atoms with van der Waals surface area (Å²) in [6.45, 7) is 1.07. The number of benzene rings is 1. The van der Waals surface area contributed by atoms with E-state index in [-0.39, 0.29) is 5.91 Å². The van der Waals surface area contributed by atoms with Gasteiger partial charge in [0.25, 0.3) is 0 Å². The van der Waals surface area contributed by atoms with Gasteiger partial charge in [0.2, 0.25) is 5.91 Å². The Bertz CT molecular complexity index is 383. The van der Waals surface area contributed by atoms with Crippen LogP contribution >= 0.6 is 0 Å². The SMILES string of the molecule is O=C1Cc2cc(C3CN3)ccc2N1. The minimum atomic E-state index is 0.107. The second-order valence-corrected chi connectivity index (χ2v) is 3.60. The molecule has 0 saturated carbocycles. The fourth-order valence-corrected chi connectivity index (χ4v) is 1.76. The number of rotatable bonds is 1. The van der Waals surface area contributed by atoms with Crippen molar-refractivity contribution in [1.82, 2.24) is 5.32 Å². The first-order valence-electron chi connectivity index (χ1n) is 4.49. The standard InChI is InChI=1S/C10H10N2O/c13-10-4-7-3-6(9-5-11-9)1-2-8(7)12-10/h1-3,9,11H,4-5H2,(H,12,13). The largest absolute Gasteiger partial charge is 0.326 e. The summed E-state index contributed by atoms with van der Waals surface area (Å²) in [4.78, 5) is 11.1. The number of amides is 1. The molecule has 3 nitrogen and oxygen atoms in total. The Morgan fingerprint density at radius 1 is 1.38 bits per heavy atom. The van der Waals surface area contributed by atoms with Crippen LogP contribution in [0.15, 0.2) is 18.2 Å². The Kier molecular flexibility index (Phi) is 1.27. The maximum absolute atomic E-state index is 11.1. The molecule has 66 valence electrons. The Balaban J connectivity index is 2.02. The van der Waals surface area contributed by atoms with E-state index in [1.807, 2.05) is 6.07 Å². The molecule has 1 atom stereocenters. The molecule has 2 heterocycles. The van der Waals surface area contributed by atoms with Crippen molar-refractivity contribution >= 4 is 11.6 Å². The molecule has 2 N–H and O–H groups in total. The maximum Gasteiger partial charge on any atom is 0.228 e. The lowest BCUT2D eigenvalue weighted by atomic mass is 10.1. The molecule has 1 saturated heterocycles. The molecule has 1 aromatic carbocycles. The summed E-state index contributed by atoms with van der Waals surface area (Å²) < 4.78 is 0. The minimum Gasteiger partial charge on any atom is -0.326 e. The number of anilines is 1. The lowest BCUT2D eigenvalue weighted by Crippen LogP contribution is -2.03. The quantitative estimate of drug-likeness (QED) is 0.619. The second kappa shape index (κ2) is 2.33. The molecule has 0 spiro atoms. The van der Waals surface area contributed by atoms with Crippen molar-refractivity contribution in [3.63, 3.8) is 0 Å². The highest BCUT2D eigenvalue weighted by atomic mass is 16.1. The third kappa shape index (κ3) is 1.12. The summed E-state index contributed by atoms with van der Waals surface area (Å²) in [6, 6.07) is 6.73. The minimum absolute atomic E-state index is 0.107. The second-order valence-electron chi connectivity index (χ2n) is 3.60. The van der Waals surface area contributed by atoms with Crippen molar-refractivity contribution in [1.29, 1.82) is 0 Å². The summed E-state index contributed by atoms with van der Waals surface area (Å²) in [5.74, 6) is 0.107. The smallest absolute Gasteiger partial charge is 0.228 e. The normalized spacial score (nSPS) is 24.0. The van der Waals surface area contributed by atoms with Crippen LogP contribution in [0.4, 0.5) is 5.69 Å². The van der Waals surface area contributed by atoms with Crippen LogP contribution in [0, 0.1) is 0 Å². The van der Waals surface area contributed by atoms with Gasteiger partial charge in [-0.05, 0) is 17.2 Å². The van der Waals surface area contributed by atoms with Gasteiger partial charge in [-0.1, -0.05) is 12.1 Å². The topological polar surface area (TPSA) is 51.0 Å². The zero-order chi connectivity index (χ0) is 8.84. The zero-order valence-electron chi connectivity index (χ0n) is 7.13. The monoisotopic (exact) mass is 174 g/mol.